The lowest BCUT2D eigenvalue weighted by molar-refractivity contribution is 0.526. The number of hydrogen-bond acceptors (Lipinski definition) is 4. The first kappa shape index (κ1) is 11.7. The van der Waals surface area contributed by atoms with Crippen LogP contribution in [0.1, 0.15) is 24.6 Å². The second kappa shape index (κ2) is 4.49. The predicted molar refractivity (Wildman–Crippen MR) is 77.0 cm³/mol. The molecule has 1 unspecified atom stereocenters. The van der Waals surface area contributed by atoms with Crippen molar-refractivity contribution in [3.63, 3.8) is 0 Å². The van der Waals surface area contributed by atoms with Gasteiger partial charge in [0, 0.05) is 17.3 Å². The lowest BCUT2D eigenvalue weighted by Gasteiger charge is -2.20. The molecule has 20 heavy (non-hydrogen) atoms. The van der Waals surface area contributed by atoms with Gasteiger partial charge in [-0.3, -0.25) is 9.25 Å². The van der Waals surface area contributed by atoms with E-state index < -0.39 is 0 Å². The Morgan fingerprint density at radius 1 is 1.20 bits per heavy atom. The molecule has 2 aromatic heterocycles. The van der Waals surface area contributed by atoms with E-state index in [1.165, 1.54) is 4.90 Å². The van der Waals surface area contributed by atoms with Gasteiger partial charge < -0.3 is 0 Å². The Morgan fingerprint density at radius 3 is 2.95 bits per heavy atom. The van der Waals surface area contributed by atoms with Crippen molar-refractivity contribution < 1.29 is 0 Å². The van der Waals surface area contributed by atoms with Gasteiger partial charge in [-0.25, -0.2) is 0 Å². The van der Waals surface area contributed by atoms with Gasteiger partial charge in [-0.1, -0.05) is 12.1 Å². The molecule has 0 N–H and O–H groups in total. The van der Waals surface area contributed by atoms with Gasteiger partial charge in [0.05, 0.1) is 11.4 Å². The van der Waals surface area contributed by atoms with E-state index in [0.29, 0.717) is 0 Å². The van der Waals surface area contributed by atoms with Crippen LogP contribution in [0.3, 0.4) is 0 Å². The molecule has 5 nitrogen and oxygen atoms in total. The number of fused-ring (bicyclic) bond motifs is 3. The molecule has 1 atom stereocenters. The standard InChI is InChI=1S/C14H13N5S/c1-10(18-8-4-7-15-18)14-17-16-13-9-20-12-6-3-2-5-11(12)19(13)14/h2-8,10H,9H2,1H3. The van der Waals surface area contributed by atoms with Crippen molar-refractivity contribution in [2.45, 2.75) is 23.6 Å². The van der Waals surface area contributed by atoms with Gasteiger partial charge in [0.2, 0.25) is 0 Å². The van der Waals surface area contributed by atoms with Gasteiger partial charge in [-0.15, -0.1) is 22.0 Å². The molecule has 0 saturated heterocycles. The molecule has 1 aliphatic rings. The van der Waals surface area contributed by atoms with Crippen LogP contribution in [0.25, 0.3) is 5.69 Å². The lowest BCUT2D eigenvalue weighted by atomic mass is 10.2. The van der Waals surface area contributed by atoms with Crippen LogP contribution in [0, 0.1) is 0 Å². The smallest absolute Gasteiger partial charge is 0.162 e. The monoisotopic (exact) mass is 283 g/mol. The van der Waals surface area contributed by atoms with Crippen LogP contribution in [0.2, 0.25) is 0 Å². The van der Waals surface area contributed by atoms with E-state index in [-0.39, 0.29) is 6.04 Å². The zero-order chi connectivity index (χ0) is 13.5. The van der Waals surface area contributed by atoms with Crippen molar-refractivity contribution in [3.05, 3.63) is 54.4 Å². The summed E-state index contributed by atoms with van der Waals surface area (Å²) in [7, 11) is 0. The number of thioether (sulfide) groups is 1. The second-order valence-electron chi connectivity index (χ2n) is 4.73. The van der Waals surface area contributed by atoms with E-state index in [2.05, 4.69) is 51.1 Å². The molecular weight excluding hydrogens is 270 g/mol. The van der Waals surface area contributed by atoms with E-state index in [9.17, 15) is 0 Å². The summed E-state index contributed by atoms with van der Waals surface area (Å²) in [5.74, 6) is 2.79. The molecule has 1 aliphatic heterocycles. The molecule has 0 aliphatic carbocycles. The quantitative estimate of drug-likeness (QED) is 0.725. The van der Waals surface area contributed by atoms with E-state index in [1.54, 1.807) is 6.20 Å². The highest BCUT2D eigenvalue weighted by Gasteiger charge is 2.25. The Bertz CT molecular complexity index is 747. The van der Waals surface area contributed by atoms with Gasteiger partial charge >= 0.3 is 0 Å². The zero-order valence-corrected chi connectivity index (χ0v) is 11.8. The van der Waals surface area contributed by atoms with Gasteiger partial charge in [0.25, 0.3) is 0 Å². The maximum Gasteiger partial charge on any atom is 0.162 e. The Balaban J connectivity index is 1.88. The molecule has 0 amide bonds. The largest absolute Gasteiger partial charge is 0.279 e. The van der Waals surface area contributed by atoms with E-state index >= 15 is 0 Å². The zero-order valence-electron chi connectivity index (χ0n) is 11.0. The molecule has 6 heteroatoms. The fraction of sp³-hybridized carbons (Fsp3) is 0.214. The number of aromatic nitrogens is 5. The number of hydrogen-bond donors (Lipinski definition) is 0. The average Bonchev–Trinajstić information content (AvgIpc) is 3.16. The first-order valence-corrected chi connectivity index (χ1v) is 7.48. The SMILES string of the molecule is CC(c1nnc2n1-c1ccccc1SC2)n1cccn1. The van der Waals surface area contributed by atoms with Gasteiger partial charge in [0.1, 0.15) is 11.9 Å². The molecule has 0 saturated carbocycles. The van der Waals surface area contributed by atoms with Crippen molar-refractivity contribution in [3.8, 4) is 5.69 Å². The third-order valence-electron chi connectivity index (χ3n) is 3.51. The molecule has 100 valence electrons. The van der Waals surface area contributed by atoms with Crippen LogP contribution in [0.4, 0.5) is 0 Å². The fourth-order valence-electron chi connectivity index (χ4n) is 2.49. The summed E-state index contributed by atoms with van der Waals surface area (Å²) in [6.45, 7) is 2.09. The Labute approximate surface area is 120 Å². The summed E-state index contributed by atoms with van der Waals surface area (Å²) >= 11 is 1.81. The van der Waals surface area contributed by atoms with Crippen LogP contribution in [0.15, 0.2) is 47.6 Å². The first-order chi connectivity index (χ1) is 9.84. The summed E-state index contributed by atoms with van der Waals surface area (Å²) in [5, 5.41) is 13.0. The molecule has 4 rings (SSSR count). The van der Waals surface area contributed by atoms with Crippen LogP contribution < -0.4 is 0 Å². The minimum Gasteiger partial charge on any atom is -0.279 e. The van der Waals surface area contributed by atoms with Gasteiger partial charge in [-0.05, 0) is 25.1 Å². The highest BCUT2D eigenvalue weighted by atomic mass is 32.2. The molecule has 3 heterocycles. The average molecular weight is 283 g/mol. The summed E-state index contributed by atoms with van der Waals surface area (Å²) < 4.78 is 4.07. The molecule has 3 aromatic rings. The third kappa shape index (κ3) is 1.68. The molecule has 0 radical (unpaired) electrons. The normalized spacial score (nSPS) is 14.7. The number of benzene rings is 1. The van der Waals surface area contributed by atoms with Crippen molar-refractivity contribution in [1.29, 1.82) is 0 Å². The minimum absolute atomic E-state index is 0.0578. The lowest BCUT2D eigenvalue weighted by Crippen LogP contribution is -2.16. The van der Waals surface area contributed by atoms with E-state index in [1.807, 2.05) is 28.7 Å². The highest BCUT2D eigenvalue weighted by molar-refractivity contribution is 7.98. The Kier molecular flexibility index (Phi) is 2.63. The third-order valence-corrected chi connectivity index (χ3v) is 4.57. The first-order valence-electron chi connectivity index (χ1n) is 6.50. The molecular formula is C14H13N5S. The van der Waals surface area contributed by atoms with E-state index in [0.717, 1.165) is 23.1 Å². The van der Waals surface area contributed by atoms with Gasteiger partial charge in [0.15, 0.2) is 5.82 Å². The molecule has 0 spiro atoms. The second-order valence-corrected chi connectivity index (χ2v) is 5.75. The summed E-state index contributed by atoms with van der Waals surface area (Å²) in [6.07, 6.45) is 3.74. The summed E-state index contributed by atoms with van der Waals surface area (Å²) in [4.78, 5) is 1.27. The minimum atomic E-state index is 0.0578. The topological polar surface area (TPSA) is 48.5 Å². The van der Waals surface area contributed by atoms with Crippen LogP contribution in [0.5, 0.6) is 0 Å². The fourth-order valence-corrected chi connectivity index (χ4v) is 3.44. The summed E-state index contributed by atoms with van der Waals surface area (Å²) in [6, 6.07) is 10.4. The van der Waals surface area contributed by atoms with Crippen molar-refractivity contribution in [1.82, 2.24) is 24.5 Å². The van der Waals surface area contributed by atoms with E-state index in [4.69, 9.17) is 0 Å². The maximum absolute atomic E-state index is 4.39. The Hall–Kier alpha value is -2.08. The van der Waals surface area contributed by atoms with Crippen molar-refractivity contribution in [2.24, 2.45) is 0 Å². The maximum atomic E-state index is 4.39. The Morgan fingerprint density at radius 2 is 2.10 bits per heavy atom. The molecule has 1 aromatic carbocycles. The van der Waals surface area contributed by atoms with Crippen molar-refractivity contribution >= 4 is 11.8 Å². The predicted octanol–water partition coefficient (Wildman–Crippen LogP) is 2.68. The molecule has 0 bridgehead atoms. The van der Waals surface area contributed by atoms with Crippen LogP contribution >= 0.6 is 11.8 Å². The van der Waals surface area contributed by atoms with Crippen molar-refractivity contribution in [2.75, 3.05) is 0 Å². The highest BCUT2D eigenvalue weighted by Crippen LogP contribution is 2.36. The van der Waals surface area contributed by atoms with Crippen LogP contribution in [-0.2, 0) is 5.75 Å². The van der Waals surface area contributed by atoms with Gasteiger partial charge in [-0.2, -0.15) is 5.10 Å². The van der Waals surface area contributed by atoms with Crippen LogP contribution in [-0.4, -0.2) is 24.5 Å². The number of rotatable bonds is 2. The summed E-state index contributed by atoms with van der Waals surface area (Å²) in [5.41, 5.74) is 1.16. The number of para-hydroxylation sites is 1. The molecule has 0 fully saturated rings. The number of nitrogens with zero attached hydrogens (tertiary/aromatic N) is 5.